The smallest absolute Gasteiger partial charge is 0.224 e. The first-order valence-electron chi connectivity index (χ1n) is 8.86. The fraction of sp³-hybridized carbons (Fsp3) is 0.550. The fourth-order valence-corrected chi connectivity index (χ4v) is 4.82. The van der Waals surface area contributed by atoms with Crippen LogP contribution in [0.3, 0.4) is 0 Å². The van der Waals surface area contributed by atoms with Gasteiger partial charge in [-0.3, -0.25) is 4.79 Å². The molecule has 4 rings (SSSR count). The second-order valence-electron chi connectivity index (χ2n) is 7.63. The van der Waals surface area contributed by atoms with Crippen LogP contribution in [0.4, 0.5) is 0 Å². The van der Waals surface area contributed by atoms with E-state index in [0.717, 1.165) is 28.4 Å². The fourth-order valence-electron chi connectivity index (χ4n) is 4.82. The Hall–Kier alpha value is -1.77. The van der Waals surface area contributed by atoms with Gasteiger partial charge in [-0.25, -0.2) is 0 Å². The Balaban J connectivity index is 1.41. The second kappa shape index (κ2) is 5.70. The van der Waals surface area contributed by atoms with Gasteiger partial charge in [0.25, 0.3) is 0 Å². The Morgan fingerprint density at radius 2 is 2.22 bits per heavy atom. The lowest BCUT2D eigenvalue weighted by Crippen LogP contribution is -2.40. The van der Waals surface area contributed by atoms with E-state index in [0.29, 0.717) is 18.4 Å². The maximum Gasteiger partial charge on any atom is 0.224 e. The highest BCUT2D eigenvalue weighted by atomic mass is 16.3. The molecule has 4 atom stereocenters. The van der Waals surface area contributed by atoms with Crippen LogP contribution in [0.1, 0.15) is 43.7 Å². The topological polar surface area (TPSA) is 42.2 Å². The van der Waals surface area contributed by atoms with Gasteiger partial charge >= 0.3 is 0 Å². The largest absolute Gasteiger partial charge is 0.464 e. The number of hydrogen-bond donors (Lipinski definition) is 1. The molecule has 122 valence electrons. The molecule has 2 aliphatic rings. The number of furan rings is 1. The molecule has 3 heteroatoms. The number of carbonyl (C=O) groups excluding carboxylic acids is 1. The number of amides is 1. The third kappa shape index (κ3) is 2.77. The SMILES string of the molecule is Cc1ccc2c(CC(=O)NC(C)C3CC4CCC3C4)coc2c1. The van der Waals surface area contributed by atoms with E-state index in [2.05, 4.69) is 24.4 Å². The maximum atomic E-state index is 12.4. The number of carbonyl (C=O) groups is 1. The summed E-state index contributed by atoms with van der Waals surface area (Å²) >= 11 is 0. The Labute approximate surface area is 137 Å². The van der Waals surface area contributed by atoms with E-state index in [9.17, 15) is 4.79 Å². The molecule has 1 aromatic carbocycles. The van der Waals surface area contributed by atoms with E-state index in [1.54, 1.807) is 6.26 Å². The number of nitrogens with one attached hydrogen (secondary N) is 1. The summed E-state index contributed by atoms with van der Waals surface area (Å²) in [5.41, 5.74) is 3.03. The lowest BCUT2D eigenvalue weighted by Gasteiger charge is -2.28. The van der Waals surface area contributed by atoms with Gasteiger partial charge in [0, 0.05) is 17.0 Å². The molecule has 0 aliphatic heterocycles. The van der Waals surface area contributed by atoms with Gasteiger partial charge in [0.2, 0.25) is 5.91 Å². The van der Waals surface area contributed by atoms with Gasteiger partial charge in [-0.1, -0.05) is 18.6 Å². The van der Waals surface area contributed by atoms with Gasteiger partial charge in [0.1, 0.15) is 5.58 Å². The van der Waals surface area contributed by atoms with Crippen molar-refractivity contribution in [1.82, 2.24) is 5.32 Å². The molecule has 23 heavy (non-hydrogen) atoms. The highest BCUT2D eigenvalue weighted by Gasteiger charge is 2.42. The van der Waals surface area contributed by atoms with Gasteiger partial charge in [-0.2, -0.15) is 0 Å². The molecule has 2 saturated carbocycles. The van der Waals surface area contributed by atoms with E-state index in [1.165, 1.54) is 31.2 Å². The van der Waals surface area contributed by atoms with Crippen molar-refractivity contribution in [2.75, 3.05) is 0 Å². The molecule has 1 amide bonds. The van der Waals surface area contributed by atoms with Crippen molar-refractivity contribution in [3.63, 3.8) is 0 Å². The molecule has 1 N–H and O–H groups in total. The Morgan fingerprint density at radius 1 is 1.35 bits per heavy atom. The van der Waals surface area contributed by atoms with Gasteiger partial charge in [-0.15, -0.1) is 0 Å². The van der Waals surface area contributed by atoms with E-state index in [1.807, 2.05) is 13.0 Å². The summed E-state index contributed by atoms with van der Waals surface area (Å²) in [4.78, 5) is 12.4. The predicted molar refractivity (Wildman–Crippen MR) is 91.2 cm³/mol. The van der Waals surface area contributed by atoms with Crippen molar-refractivity contribution in [1.29, 1.82) is 0 Å². The van der Waals surface area contributed by atoms with Crippen molar-refractivity contribution < 1.29 is 9.21 Å². The van der Waals surface area contributed by atoms with Gasteiger partial charge in [0.15, 0.2) is 0 Å². The van der Waals surface area contributed by atoms with Crippen molar-refractivity contribution in [2.24, 2.45) is 17.8 Å². The van der Waals surface area contributed by atoms with Crippen LogP contribution in [0.25, 0.3) is 11.0 Å². The molecule has 2 bridgehead atoms. The monoisotopic (exact) mass is 311 g/mol. The van der Waals surface area contributed by atoms with Crippen LogP contribution < -0.4 is 5.32 Å². The predicted octanol–water partition coefficient (Wildman–Crippen LogP) is 4.22. The van der Waals surface area contributed by atoms with E-state index >= 15 is 0 Å². The molecule has 2 aromatic rings. The maximum absolute atomic E-state index is 12.4. The van der Waals surface area contributed by atoms with Gasteiger partial charge in [0.05, 0.1) is 12.7 Å². The molecule has 0 spiro atoms. The number of rotatable bonds is 4. The van der Waals surface area contributed by atoms with Crippen LogP contribution in [0, 0.1) is 24.7 Å². The number of hydrogen-bond acceptors (Lipinski definition) is 2. The minimum atomic E-state index is 0.114. The molecule has 3 nitrogen and oxygen atoms in total. The van der Waals surface area contributed by atoms with E-state index in [4.69, 9.17) is 4.42 Å². The van der Waals surface area contributed by atoms with Crippen LogP contribution in [0.2, 0.25) is 0 Å². The molecular weight excluding hydrogens is 286 g/mol. The van der Waals surface area contributed by atoms with E-state index in [-0.39, 0.29) is 5.91 Å². The van der Waals surface area contributed by atoms with Gasteiger partial charge in [-0.05, 0) is 62.5 Å². The molecule has 1 heterocycles. The second-order valence-corrected chi connectivity index (χ2v) is 7.63. The minimum absolute atomic E-state index is 0.114. The average molecular weight is 311 g/mol. The minimum Gasteiger partial charge on any atom is -0.464 e. The van der Waals surface area contributed by atoms with Gasteiger partial charge < -0.3 is 9.73 Å². The van der Waals surface area contributed by atoms with Crippen molar-refractivity contribution in [3.05, 3.63) is 35.6 Å². The molecule has 2 fully saturated rings. The van der Waals surface area contributed by atoms with Crippen LogP contribution in [0.15, 0.2) is 28.9 Å². The molecule has 2 aliphatic carbocycles. The molecule has 0 radical (unpaired) electrons. The number of fused-ring (bicyclic) bond motifs is 3. The zero-order chi connectivity index (χ0) is 16.0. The third-order valence-corrected chi connectivity index (χ3v) is 5.99. The quantitative estimate of drug-likeness (QED) is 0.918. The van der Waals surface area contributed by atoms with E-state index < -0.39 is 0 Å². The average Bonchev–Trinajstić information content (AvgIpc) is 3.22. The Kier molecular flexibility index (Phi) is 3.67. The van der Waals surface area contributed by atoms with Crippen molar-refractivity contribution in [2.45, 2.75) is 52.0 Å². The summed E-state index contributed by atoms with van der Waals surface area (Å²) in [5.74, 6) is 2.56. The summed E-state index contributed by atoms with van der Waals surface area (Å²) in [7, 11) is 0. The van der Waals surface area contributed by atoms with Crippen LogP contribution in [-0.4, -0.2) is 11.9 Å². The molecular formula is C20H25NO2. The third-order valence-electron chi connectivity index (χ3n) is 5.99. The first-order chi connectivity index (χ1) is 11.1. The summed E-state index contributed by atoms with van der Waals surface area (Å²) in [6.07, 6.45) is 7.59. The lowest BCUT2D eigenvalue weighted by molar-refractivity contribution is -0.121. The van der Waals surface area contributed by atoms with Crippen molar-refractivity contribution >= 4 is 16.9 Å². The molecule has 1 aromatic heterocycles. The zero-order valence-corrected chi connectivity index (χ0v) is 14.0. The Morgan fingerprint density at radius 3 is 2.96 bits per heavy atom. The summed E-state index contributed by atoms with van der Waals surface area (Å²) in [6, 6.07) is 6.43. The Bertz CT molecular complexity index is 732. The summed E-state index contributed by atoms with van der Waals surface area (Å²) < 4.78 is 5.60. The first-order valence-corrected chi connectivity index (χ1v) is 8.86. The summed E-state index contributed by atoms with van der Waals surface area (Å²) in [6.45, 7) is 4.23. The number of aryl methyl sites for hydroxylation is 1. The van der Waals surface area contributed by atoms with Crippen LogP contribution in [0.5, 0.6) is 0 Å². The normalized spacial score (nSPS) is 27.5. The molecule has 4 unspecified atom stereocenters. The molecule has 0 saturated heterocycles. The van der Waals surface area contributed by atoms with Crippen LogP contribution >= 0.6 is 0 Å². The standard InChI is InChI=1S/C20H25NO2/c1-12-3-6-17-16(11-23-19(17)7-12)10-20(22)21-13(2)18-9-14-4-5-15(18)8-14/h3,6-7,11,13-15,18H,4-5,8-10H2,1-2H3,(H,21,22). The lowest BCUT2D eigenvalue weighted by atomic mass is 9.84. The van der Waals surface area contributed by atoms with Crippen molar-refractivity contribution in [3.8, 4) is 0 Å². The van der Waals surface area contributed by atoms with Crippen LogP contribution in [-0.2, 0) is 11.2 Å². The zero-order valence-electron chi connectivity index (χ0n) is 14.0. The summed E-state index contributed by atoms with van der Waals surface area (Å²) in [5, 5.41) is 4.29. The number of benzene rings is 1. The first kappa shape index (κ1) is 14.8. The highest BCUT2D eigenvalue weighted by molar-refractivity contribution is 5.88. The highest BCUT2D eigenvalue weighted by Crippen LogP contribution is 2.49.